The second-order valence-electron chi connectivity index (χ2n) is 3.74. The van der Waals surface area contributed by atoms with Crippen LogP contribution in [0.15, 0.2) is 30.6 Å². The van der Waals surface area contributed by atoms with Gasteiger partial charge >= 0.3 is 0 Å². The van der Waals surface area contributed by atoms with Crippen LogP contribution in [0.3, 0.4) is 0 Å². The molecule has 0 unspecified atom stereocenters. The second-order valence-corrected chi connectivity index (χ2v) is 3.74. The second kappa shape index (κ2) is 4.95. The first-order valence-electron chi connectivity index (χ1n) is 5.28. The third-order valence-electron chi connectivity index (χ3n) is 2.52. The number of aromatic nitrogens is 2. The third-order valence-corrected chi connectivity index (χ3v) is 2.52. The number of benzene rings is 1. The van der Waals surface area contributed by atoms with Crippen LogP contribution in [0.1, 0.15) is 16.2 Å². The number of carbonyl (C=O) groups is 1. The van der Waals surface area contributed by atoms with Gasteiger partial charge in [0.25, 0.3) is 5.91 Å². The molecule has 2 aromatic rings. The lowest BCUT2D eigenvalue weighted by atomic mass is 10.2. The van der Waals surface area contributed by atoms with Crippen LogP contribution in [0.2, 0.25) is 0 Å². The van der Waals surface area contributed by atoms with E-state index in [9.17, 15) is 13.6 Å². The summed E-state index contributed by atoms with van der Waals surface area (Å²) < 4.78 is 28.0. The van der Waals surface area contributed by atoms with E-state index in [1.807, 2.05) is 0 Å². The predicted octanol–water partition coefficient (Wildman–Crippen LogP) is 1.63. The average Bonchev–Trinajstić information content (AvgIpc) is 2.75. The minimum Gasteiger partial charge on any atom is -0.345 e. The quantitative estimate of drug-likeness (QED) is 0.901. The van der Waals surface area contributed by atoms with Crippen molar-refractivity contribution in [1.82, 2.24) is 14.9 Å². The fourth-order valence-electron chi connectivity index (χ4n) is 1.50. The molecule has 1 aromatic heterocycles. The summed E-state index contributed by atoms with van der Waals surface area (Å²) in [7, 11) is 1.78. The van der Waals surface area contributed by atoms with E-state index < -0.39 is 17.5 Å². The van der Waals surface area contributed by atoms with Gasteiger partial charge in [-0.25, -0.2) is 13.8 Å². The lowest BCUT2D eigenvalue weighted by molar-refractivity contribution is 0.0944. The first kappa shape index (κ1) is 12.2. The van der Waals surface area contributed by atoms with E-state index in [-0.39, 0.29) is 12.1 Å². The highest BCUT2D eigenvalue weighted by Crippen LogP contribution is 2.11. The standard InChI is InChI=1S/C12H11F2N3O/c1-17-6-5-15-10(17)7-16-12(18)8-3-2-4-9(13)11(8)14/h2-6H,7H2,1H3,(H,16,18). The van der Waals surface area contributed by atoms with Crippen LogP contribution >= 0.6 is 0 Å². The van der Waals surface area contributed by atoms with Crippen molar-refractivity contribution in [3.63, 3.8) is 0 Å². The van der Waals surface area contributed by atoms with Gasteiger partial charge in [-0.05, 0) is 12.1 Å². The Morgan fingerprint density at radius 3 is 2.89 bits per heavy atom. The maximum atomic E-state index is 13.3. The summed E-state index contributed by atoms with van der Waals surface area (Å²) in [5.74, 6) is -2.23. The molecule has 1 heterocycles. The minimum atomic E-state index is -1.14. The van der Waals surface area contributed by atoms with Crippen LogP contribution < -0.4 is 5.32 Å². The van der Waals surface area contributed by atoms with E-state index >= 15 is 0 Å². The molecule has 0 fully saturated rings. The number of hydrogen-bond acceptors (Lipinski definition) is 2. The molecule has 0 spiro atoms. The zero-order valence-electron chi connectivity index (χ0n) is 9.65. The van der Waals surface area contributed by atoms with Gasteiger partial charge in [0.1, 0.15) is 5.82 Å². The molecule has 2 rings (SSSR count). The average molecular weight is 251 g/mol. The molecule has 4 nitrogen and oxygen atoms in total. The molecular formula is C12H11F2N3O. The molecule has 94 valence electrons. The number of halogens is 2. The largest absolute Gasteiger partial charge is 0.345 e. The lowest BCUT2D eigenvalue weighted by Crippen LogP contribution is -2.25. The van der Waals surface area contributed by atoms with Crippen molar-refractivity contribution >= 4 is 5.91 Å². The minimum absolute atomic E-state index is 0.151. The Morgan fingerprint density at radius 2 is 2.22 bits per heavy atom. The first-order valence-corrected chi connectivity index (χ1v) is 5.28. The molecule has 18 heavy (non-hydrogen) atoms. The Bertz CT molecular complexity index is 580. The highest BCUT2D eigenvalue weighted by atomic mass is 19.2. The molecule has 0 aliphatic rings. The molecule has 1 amide bonds. The Labute approximate surface area is 102 Å². The number of rotatable bonds is 3. The van der Waals surface area contributed by atoms with Gasteiger partial charge in [0.05, 0.1) is 12.1 Å². The SMILES string of the molecule is Cn1ccnc1CNC(=O)c1cccc(F)c1F. The first-order chi connectivity index (χ1) is 8.59. The predicted molar refractivity (Wildman–Crippen MR) is 60.7 cm³/mol. The fourth-order valence-corrected chi connectivity index (χ4v) is 1.50. The zero-order valence-corrected chi connectivity index (χ0v) is 9.65. The summed E-state index contributed by atoms with van der Waals surface area (Å²) >= 11 is 0. The summed E-state index contributed by atoms with van der Waals surface area (Å²) in [6.07, 6.45) is 3.31. The monoisotopic (exact) mass is 251 g/mol. The molecule has 0 saturated heterocycles. The Kier molecular flexibility index (Phi) is 3.36. The van der Waals surface area contributed by atoms with Crippen molar-refractivity contribution in [2.45, 2.75) is 6.54 Å². The molecule has 0 saturated carbocycles. The Hall–Kier alpha value is -2.24. The van der Waals surface area contributed by atoms with E-state index in [0.29, 0.717) is 5.82 Å². The van der Waals surface area contributed by atoms with Crippen molar-refractivity contribution < 1.29 is 13.6 Å². The van der Waals surface area contributed by atoms with Crippen LogP contribution in [0.5, 0.6) is 0 Å². The number of carbonyl (C=O) groups excluding carboxylic acids is 1. The summed E-state index contributed by atoms with van der Waals surface area (Å²) in [5, 5.41) is 2.48. The van der Waals surface area contributed by atoms with Crippen LogP contribution in [0.25, 0.3) is 0 Å². The van der Waals surface area contributed by atoms with Gasteiger partial charge in [-0.2, -0.15) is 0 Å². The molecule has 0 bridgehead atoms. The van der Waals surface area contributed by atoms with Gasteiger partial charge in [-0.15, -0.1) is 0 Å². The molecule has 0 radical (unpaired) electrons. The van der Waals surface area contributed by atoms with Gasteiger partial charge in [-0.3, -0.25) is 4.79 Å². The number of amides is 1. The van der Waals surface area contributed by atoms with Gasteiger partial charge in [0, 0.05) is 19.4 Å². The van der Waals surface area contributed by atoms with Crippen LogP contribution in [0, 0.1) is 11.6 Å². The van der Waals surface area contributed by atoms with Crippen molar-refractivity contribution in [3.8, 4) is 0 Å². The highest BCUT2D eigenvalue weighted by Gasteiger charge is 2.15. The smallest absolute Gasteiger partial charge is 0.254 e. The van der Waals surface area contributed by atoms with Gasteiger partial charge in [-0.1, -0.05) is 6.07 Å². The van der Waals surface area contributed by atoms with Gasteiger partial charge in [0.2, 0.25) is 0 Å². The Morgan fingerprint density at radius 1 is 1.44 bits per heavy atom. The zero-order chi connectivity index (χ0) is 13.1. The number of nitrogens with zero attached hydrogens (tertiary/aromatic N) is 2. The molecular weight excluding hydrogens is 240 g/mol. The number of nitrogens with one attached hydrogen (secondary N) is 1. The fraction of sp³-hybridized carbons (Fsp3) is 0.167. The van der Waals surface area contributed by atoms with Crippen LogP contribution in [-0.4, -0.2) is 15.5 Å². The summed E-state index contributed by atoms with van der Waals surface area (Å²) in [4.78, 5) is 15.7. The molecule has 0 aliphatic carbocycles. The van der Waals surface area contributed by atoms with Crippen molar-refractivity contribution in [2.24, 2.45) is 7.05 Å². The number of aryl methyl sites for hydroxylation is 1. The topological polar surface area (TPSA) is 46.9 Å². The summed E-state index contributed by atoms with van der Waals surface area (Å²) in [6.45, 7) is 0.151. The molecule has 1 aromatic carbocycles. The number of imidazole rings is 1. The van der Waals surface area contributed by atoms with Crippen LogP contribution in [0.4, 0.5) is 8.78 Å². The van der Waals surface area contributed by atoms with Crippen molar-refractivity contribution in [2.75, 3.05) is 0 Å². The Balaban J connectivity index is 2.09. The third kappa shape index (κ3) is 2.37. The molecule has 0 atom stereocenters. The van der Waals surface area contributed by atoms with E-state index in [1.54, 1.807) is 24.0 Å². The molecule has 1 N–H and O–H groups in total. The number of hydrogen-bond donors (Lipinski definition) is 1. The maximum absolute atomic E-state index is 13.3. The normalized spacial score (nSPS) is 10.4. The van der Waals surface area contributed by atoms with Gasteiger partial charge < -0.3 is 9.88 Å². The highest BCUT2D eigenvalue weighted by molar-refractivity contribution is 5.94. The van der Waals surface area contributed by atoms with E-state index in [1.165, 1.54) is 12.1 Å². The summed E-state index contributed by atoms with van der Waals surface area (Å²) in [5.41, 5.74) is -0.316. The van der Waals surface area contributed by atoms with Gasteiger partial charge in [0.15, 0.2) is 11.6 Å². The maximum Gasteiger partial charge on any atom is 0.254 e. The lowest BCUT2D eigenvalue weighted by Gasteiger charge is -2.06. The van der Waals surface area contributed by atoms with E-state index in [2.05, 4.69) is 10.3 Å². The van der Waals surface area contributed by atoms with E-state index in [4.69, 9.17) is 0 Å². The molecule has 6 heteroatoms. The van der Waals surface area contributed by atoms with Crippen molar-refractivity contribution in [1.29, 1.82) is 0 Å². The van der Waals surface area contributed by atoms with Crippen LogP contribution in [-0.2, 0) is 13.6 Å². The van der Waals surface area contributed by atoms with Crippen molar-refractivity contribution in [3.05, 3.63) is 53.6 Å². The van der Waals surface area contributed by atoms with E-state index in [0.717, 1.165) is 6.07 Å². The molecule has 0 aliphatic heterocycles. The summed E-state index contributed by atoms with van der Waals surface area (Å²) in [6, 6.07) is 3.48.